The lowest BCUT2D eigenvalue weighted by Crippen LogP contribution is -2.17. The average molecular weight is 326 g/mol. The molecule has 0 aliphatic rings. The number of anilines is 1. The minimum absolute atomic E-state index is 0.0556. The maximum Gasteiger partial charge on any atom is 0.349 e. The van der Waals surface area contributed by atoms with Gasteiger partial charge in [-0.2, -0.15) is 0 Å². The summed E-state index contributed by atoms with van der Waals surface area (Å²) in [6, 6.07) is 3.30. The predicted octanol–water partition coefficient (Wildman–Crippen LogP) is 2.35. The van der Waals surface area contributed by atoms with Crippen LogP contribution in [0.3, 0.4) is 0 Å². The number of carbonyl (C=O) groups excluding carboxylic acids is 1. The first kappa shape index (κ1) is 15.5. The number of carbonyl (C=O) groups is 1. The van der Waals surface area contributed by atoms with Crippen LogP contribution in [0.2, 0.25) is 0 Å². The van der Waals surface area contributed by atoms with Gasteiger partial charge >= 0.3 is 5.97 Å². The summed E-state index contributed by atoms with van der Waals surface area (Å²) in [6.45, 7) is 3.43. The van der Waals surface area contributed by atoms with Gasteiger partial charge in [-0.25, -0.2) is 13.2 Å². The molecule has 0 aromatic carbocycles. The Hall–Kier alpha value is -1.93. The molecule has 2 aromatic rings. The van der Waals surface area contributed by atoms with Gasteiger partial charge in [0.15, 0.2) is 0 Å². The van der Waals surface area contributed by atoms with Crippen LogP contribution in [0, 0.1) is 13.8 Å². The molecule has 8 heteroatoms. The van der Waals surface area contributed by atoms with Gasteiger partial charge in [0, 0.05) is 5.69 Å². The highest BCUT2D eigenvalue weighted by Crippen LogP contribution is 2.29. The molecule has 0 saturated carbocycles. The number of thiophene rings is 1. The number of esters is 1. The first-order valence-electron chi connectivity index (χ1n) is 5.97. The third-order valence-corrected chi connectivity index (χ3v) is 5.50. The monoisotopic (exact) mass is 326 g/mol. The van der Waals surface area contributed by atoms with Gasteiger partial charge in [-0.05, 0) is 36.9 Å². The Kier molecular flexibility index (Phi) is 4.29. The van der Waals surface area contributed by atoms with Gasteiger partial charge < -0.3 is 4.74 Å². The molecule has 0 amide bonds. The summed E-state index contributed by atoms with van der Waals surface area (Å²) in [5, 5.41) is 1.61. The van der Waals surface area contributed by atoms with E-state index in [0.717, 1.165) is 17.0 Å². The van der Waals surface area contributed by atoms with Crippen LogP contribution in [0.25, 0.3) is 0 Å². The molecule has 0 atom stereocenters. The largest absolute Gasteiger partial charge is 0.465 e. The Balaban J connectivity index is 2.42. The molecule has 112 valence electrons. The van der Waals surface area contributed by atoms with E-state index in [1.54, 1.807) is 31.4 Å². The quantitative estimate of drug-likeness (QED) is 0.872. The highest BCUT2D eigenvalue weighted by Gasteiger charge is 2.27. The fraction of sp³-hybridized carbons (Fsp3) is 0.231. The van der Waals surface area contributed by atoms with E-state index < -0.39 is 16.0 Å². The molecule has 0 aliphatic heterocycles. The Morgan fingerprint density at radius 3 is 2.62 bits per heavy atom. The molecule has 6 nitrogen and oxygen atoms in total. The second kappa shape index (κ2) is 5.82. The first-order valence-corrected chi connectivity index (χ1v) is 8.33. The van der Waals surface area contributed by atoms with Crippen LogP contribution in [-0.2, 0) is 14.8 Å². The summed E-state index contributed by atoms with van der Waals surface area (Å²) in [5.41, 5.74) is 1.61. The van der Waals surface area contributed by atoms with Gasteiger partial charge in [0.2, 0.25) is 0 Å². The van der Waals surface area contributed by atoms with Gasteiger partial charge in [-0.3, -0.25) is 9.71 Å². The molecular formula is C13H14N2O4S2. The predicted molar refractivity (Wildman–Crippen MR) is 80.2 cm³/mol. The number of ether oxygens (including phenoxy) is 1. The van der Waals surface area contributed by atoms with Gasteiger partial charge in [0.1, 0.15) is 9.77 Å². The topological polar surface area (TPSA) is 85.4 Å². The number of nitrogens with one attached hydrogen (secondary N) is 1. The van der Waals surface area contributed by atoms with Crippen LogP contribution in [0.1, 0.15) is 20.9 Å². The van der Waals surface area contributed by atoms with Gasteiger partial charge in [0.25, 0.3) is 10.0 Å². The van der Waals surface area contributed by atoms with Crippen molar-refractivity contribution >= 4 is 33.0 Å². The minimum atomic E-state index is -3.88. The molecule has 2 rings (SSSR count). The molecule has 0 fully saturated rings. The first-order chi connectivity index (χ1) is 9.85. The highest BCUT2D eigenvalue weighted by atomic mass is 32.2. The van der Waals surface area contributed by atoms with E-state index in [1.807, 2.05) is 0 Å². The molecule has 0 aliphatic carbocycles. The number of hydrogen-bond acceptors (Lipinski definition) is 6. The number of aryl methyl sites for hydroxylation is 2. The molecule has 0 saturated heterocycles. The third-order valence-electron chi connectivity index (χ3n) is 2.72. The lowest BCUT2D eigenvalue weighted by molar-refractivity contribution is 0.0602. The lowest BCUT2D eigenvalue weighted by Gasteiger charge is -2.09. The smallest absolute Gasteiger partial charge is 0.349 e. The van der Waals surface area contributed by atoms with Crippen LogP contribution in [0.5, 0.6) is 0 Å². The van der Waals surface area contributed by atoms with Crippen molar-refractivity contribution in [2.45, 2.75) is 18.7 Å². The van der Waals surface area contributed by atoms with Crippen LogP contribution in [0.4, 0.5) is 5.69 Å². The molecular weight excluding hydrogens is 312 g/mol. The average Bonchev–Trinajstić information content (AvgIpc) is 2.83. The van der Waals surface area contributed by atoms with E-state index in [2.05, 4.69) is 14.4 Å². The van der Waals surface area contributed by atoms with Crippen molar-refractivity contribution < 1.29 is 17.9 Å². The van der Waals surface area contributed by atoms with Crippen molar-refractivity contribution in [2.75, 3.05) is 11.8 Å². The molecule has 0 radical (unpaired) electrons. The van der Waals surface area contributed by atoms with Crippen LogP contribution in [-0.4, -0.2) is 26.5 Å². The Morgan fingerprint density at radius 2 is 2.05 bits per heavy atom. The van der Waals surface area contributed by atoms with E-state index in [-0.39, 0.29) is 9.77 Å². The van der Waals surface area contributed by atoms with Gasteiger partial charge in [0.05, 0.1) is 19.0 Å². The normalized spacial score (nSPS) is 11.2. The minimum Gasteiger partial charge on any atom is -0.465 e. The fourth-order valence-electron chi connectivity index (χ4n) is 1.74. The maximum absolute atomic E-state index is 12.5. The molecule has 0 bridgehead atoms. The zero-order valence-electron chi connectivity index (χ0n) is 11.7. The SMILES string of the molecule is COC(=O)c1scc(C)c1S(=O)(=O)Nc1ccc(C)nc1. The number of methoxy groups -OCH3 is 1. The maximum atomic E-state index is 12.5. The fourth-order valence-corrected chi connectivity index (χ4v) is 4.49. The number of nitrogens with zero attached hydrogens (tertiary/aromatic N) is 1. The number of hydrogen-bond donors (Lipinski definition) is 1. The van der Waals surface area contributed by atoms with E-state index in [4.69, 9.17) is 0 Å². The molecule has 2 heterocycles. The van der Waals surface area contributed by atoms with Crippen molar-refractivity contribution in [3.63, 3.8) is 0 Å². The van der Waals surface area contributed by atoms with Crippen molar-refractivity contribution in [3.05, 3.63) is 39.8 Å². The molecule has 1 N–H and O–H groups in total. The van der Waals surface area contributed by atoms with Crippen molar-refractivity contribution in [1.82, 2.24) is 4.98 Å². The summed E-state index contributed by atoms with van der Waals surface area (Å²) in [6.07, 6.45) is 1.42. The summed E-state index contributed by atoms with van der Waals surface area (Å²) in [4.78, 5) is 15.7. The van der Waals surface area contributed by atoms with Crippen LogP contribution in [0.15, 0.2) is 28.6 Å². The Labute approximate surface area is 126 Å². The second-order valence-corrected chi connectivity index (χ2v) is 6.86. The van der Waals surface area contributed by atoms with E-state index in [9.17, 15) is 13.2 Å². The number of rotatable bonds is 4. The highest BCUT2D eigenvalue weighted by molar-refractivity contribution is 7.93. The summed E-state index contributed by atoms with van der Waals surface area (Å²) < 4.78 is 32.0. The van der Waals surface area contributed by atoms with Crippen molar-refractivity contribution in [3.8, 4) is 0 Å². The van der Waals surface area contributed by atoms with E-state index in [1.165, 1.54) is 13.3 Å². The Morgan fingerprint density at radius 1 is 1.33 bits per heavy atom. The number of pyridine rings is 1. The van der Waals surface area contributed by atoms with E-state index in [0.29, 0.717) is 11.3 Å². The summed E-state index contributed by atoms with van der Waals surface area (Å²) in [7, 11) is -2.67. The Bertz CT molecular complexity index is 764. The summed E-state index contributed by atoms with van der Waals surface area (Å²) >= 11 is 1.04. The molecule has 2 aromatic heterocycles. The lowest BCUT2D eigenvalue weighted by atomic mass is 10.3. The van der Waals surface area contributed by atoms with Crippen LogP contribution >= 0.6 is 11.3 Å². The molecule has 21 heavy (non-hydrogen) atoms. The standard InChI is InChI=1S/C13H14N2O4S2/c1-8-7-20-11(13(16)19-3)12(8)21(17,18)15-10-5-4-9(2)14-6-10/h4-7,15H,1-3H3. The van der Waals surface area contributed by atoms with Gasteiger partial charge in [-0.1, -0.05) is 0 Å². The second-order valence-electron chi connectivity index (χ2n) is 4.36. The summed E-state index contributed by atoms with van der Waals surface area (Å²) in [5.74, 6) is -0.671. The molecule has 0 unspecified atom stereocenters. The number of sulfonamides is 1. The zero-order valence-corrected chi connectivity index (χ0v) is 13.3. The van der Waals surface area contributed by atoms with Crippen molar-refractivity contribution in [1.29, 1.82) is 0 Å². The third kappa shape index (κ3) is 3.22. The van der Waals surface area contributed by atoms with Gasteiger partial charge in [-0.15, -0.1) is 11.3 Å². The zero-order chi connectivity index (χ0) is 15.6. The van der Waals surface area contributed by atoms with Crippen molar-refractivity contribution in [2.24, 2.45) is 0 Å². The number of aromatic nitrogens is 1. The van der Waals surface area contributed by atoms with E-state index >= 15 is 0 Å². The van der Waals surface area contributed by atoms with Crippen LogP contribution < -0.4 is 4.72 Å². The molecule has 0 spiro atoms.